The van der Waals surface area contributed by atoms with Crippen molar-refractivity contribution in [3.05, 3.63) is 35.4 Å². The van der Waals surface area contributed by atoms with Gasteiger partial charge in [0.1, 0.15) is 0 Å². The van der Waals surface area contributed by atoms with Crippen molar-refractivity contribution in [3.63, 3.8) is 0 Å². The number of carbonyl (C=O) groups excluding carboxylic acids is 1. The summed E-state index contributed by atoms with van der Waals surface area (Å²) in [6.07, 6.45) is 1.71. The second-order valence-corrected chi connectivity index (χ2v) is 5.35. The molecule has 104 valence electrons. The van der Waals surface area contributed by atoms with Gasteiger partial charge in [-0.2, -0.15) is 0 Å². The lowest BCUT2D eigenvalue weighted by Gasteiger charge is -2.22. The molecule has 1 saturated carbocycles. The molecule has 3 atom stereocenters. The van der Waals surface area contributed by atoms with Gasteiger partial charge in [0.05, 0.1) is 12.7 Å². The van der Waals surface area contributed by atoms with Crippen LogP contribution in [-0.2, 0) is 9.53 Å². The number of aryl methyl sites for hydroxylation is 1. The molecule has 0 saturated heterocycles. The van der Waals surface area contributed by atoms with E-state index >= 15 is 0 Å². The lowest BCUT2D eigenvalue weighted by Crippen LogP contribution is -2.20. The smallest absolute Gasteiger partial charge is 0.306 e. The molecule has 1 fully saturated rings. The number of benzene rings is 1. The minimum Gasteiger partial charge on any atom is -0.466 e. The van der Waals surface area contributed by atoms with Crippen molar-refractivity contribution >= 4 is 5.97 Å². The first-order chi connectivity index (χ1) is 9.11. The van der Waals surface area contributed by atoms with E-state index < -0.39 is 0 Å². The highest BCUT2D eigenvalue weighted by molar-refractivity contribution is 5.69. The van der Waals surface area contributed by atoms with E-state index in [0.29, 0.717) is 13.0 Å². The van der Waals surface area contributed by atoms with Crippen LogP contribution in [0.1, 0.15) is 43.2 Å². The quantitative estimate of drug-likeness (QED) is 0.849. The third-order valence-corrected chi connectivity index (χ3v) is 3.95. The zero-order valence-electron chi connectivity index (χ0n) is 11.6. The van der Waals surface area contributed by atoms with Crippen LogP contribution in [-0.4, -0.2) is 23.8 Å². The highest BCUT2D eigenvalue weighted by atomic mass is 16.5. The normalized spacial score (nSPS) is 26.4. The largest absolute Gasteiger partial charge is 0.466 e. The molecule has 1 aromatic rings. The molecule has 3 heteroatoms. The molecule has 2 rings (SSSR count). The van der Waals surface area contributed by atoms with E-state index in [1.54, 1.807) is 0 Å². The predicted molar refractivity (Wildman–Crippen MR) is 73.9 cm³/mol. The Morgan fingerprint density at radius 2 is 2.00 bits per heavy atom. The number of hydrogen-bond acceptors (Lipinski definition) is 3. The number of ether oxygens (including phenoxy) is 1. The molecule has 1 N–H and O–H groups in total. The minimum absolute atomic E-state index is 0.0602. The van der Waals surface area contributed by atoms with Gasteiger partial charge in [0.15, 0.2) is 0 Å². The number of aliphatic hydroxyl groups is 1. The summed E-state index contributed by atoms with van der Waals surface area (Å²) in [5, 5.41) is 10.2. The first-order valence-corrected chi connectivity index (χ1v) is 7.02. The lowest BCUT2D eigenvalue weighted by atomic mass is 9.85. The third-order valence-electron chi connectivity index (χ3n) is 3.95. The Balaban J connectivity index is 2.11. The summed E-state index contributed by atoms with van der Waals surface area (Å²) in [6, 6.07) is 8.24. The van der Waals surface area contributed by atoms with Crippen LogP contribution in [0.15, 0.2) is 24.3 Å². The highest BCUT2D eigenvalue weighted by Gasteiger charge is 2.37. The van der Waals surface area contributed by atoms with Crippen LogP contribution in [0.5, 0.6) is 0 Å². The van der Waals surface area contributed by atoms with Crippen LogP contribution >= 0.6 is 0 Å². The molecule has 0 radical (unpaired) electrons. The maximum Gasteiger partial charge on any atom is 0.306 e. The number of carbonyl (C=O) groups is 1. The Labute approximate surface area is 114 Å². The maximum atomic E-state index is 11.6. The number of hydrogen-bond donors (Lipinski definition) is 1. The molecule has 1 aliphatic rings. The van der Waals surface area contributed by atoms with Crippen molar-refractivity contribution < 1.29 is 14.6 Å². The summed E-state index contributed by atoms with van der Waals surface area (Å²) in [5.74, 6) is 0.0977. The van der Waals surface area contributed by atoms with Crippen LogP contribution in [0.2, 0.25) is 0 Å². The highest BCUT2D eigenvalue weighted by Crippen LogP contribution is 2.41. The molecule has 19 heavy (non-hydrogen) atoms. The zero-order valence-corrected chi connectivity index (χ0v) is 11.6. The molecule has 0 heterocycles. The van der Waals surface area contributed by atoms with E-state index in [1.165, 1.54) is 5.56 Å². The van der Waals surface area contributed by atoms with E-state index in [4.69, 9.17) is 4.74 Å². The average molecular weight is 262 g/mol. The van der Waals surface area contributed by atoms with Gasteiger partial charge in [0.2, 0.25) is 0 Å². The Morgan fingerprint density at radius 3 is 2.63 bits per heavy atom. The van der Waals surface area contributed by atoms with E-state index in [-0.39, 0.29) is 23.9 Å². The summed E-state index contributed by atoms with van der Waals surface area (Å²) in [7, 11) is 0. The van der Waals surface area contributed by atoms with Gasteiger partial charge in [-0.25, -0.2) is 0 Å². The van der Waals surface area contributed by atoms with Gasteiger partial charge in [-0.05, 0) is 38.2 Å². The van der Waals surface area contributed by atoms with Gasteiger partial charge >= 0.3 is 5.97 Å². The van der Waals surface area contributed by atoms with E-state index in [0.717, 1.165) is 18.4 Å². The fourth-order valence-corrected chi connectivity index (χ4v) is 3.00. The average Bonchev–Trinajstić information content (AvgIpc) is 2.72. The Morgan fingerprint density at radius 1 is 1.32 bits per heavy atom. The topological polar surface area (TPSA) is 46.5 Å². The van der Waals surface area contributed by atoms with Crippen molar-refractivity contribution in [2.45, 2.75) is 45.1 Å². The van der Waals surface area contributed by atoms with Crippen LogP contribution in [0.4, 0.5) is 0 Å². The van der Waals surface area contributed by atoms with E-state index in [1.807, 2.05) is 13.8 Å². The molecule has 3 nitrogen and oxygen atoms in total. The number of aliphatic hydroxyl groups excluding tert-OH is 1. The fourth-order valence-electron chi connectivity index (χ4n) is 3.00. The Kier molecular flexibility index (Phi) is 4.59. The summed E-state index contributed by atoms with van der Waals surface area (Å²) in [6.45, 7) is 4.28. The standard InChI is InChI=1S/C16H22O3/c1-3-19-15(18)10-13-8-9-14(17)16(13)12-6-4-11(2)5-7-12/h4-7,13-14,16-17H,3,8-10H2,1-2H3. The van der Waals surface area contributed by atoms with Crippen molar-refractivity contribution in [1.82, 2.24) is 0 Å². The van der Waals surface area contributed by atoms with Crippen molar-refractivity contribution in [2.75, 3.05) is 6.61 Å². The van der Waals surface area contributed by atoms with Gasteiger partial charge in [-0.1, -0.05) is 29.8 Å². The number of esters is 1. The first-order valence-electron chi connectivity index (χ1n) is 7.02. The summed E-state index contributed by atoms with van der Waals surface area (Å²) >= 11 is 0. The summed E-state index contributed by atoms with van der Waals surface area (Å²) in [4.78, 5) is 11.6. The molecule has 0 bridgehead atoms. The molecule has 1 aromatic carbocycles. The third kappa shape index (κ3) is 3.35. The lowest BCUT2D eigenvalue weighted by molar-refractivity contribution is -0.144. The van der Waals surface area contributed by atoms with Crippen molar-refractivity contribution in [3.8, 4) is 0 Å². The summed E-state index contributed by atoms with van der Waals surface area (Å²) in [5.41, 5.74) is 2.34. The first kappa shape index (κ1) is 14.1. The van der Waals surface area contributed by atoms with Crippen LogP contribution in [0.25, 0.3) is 0 Å². The molecule has 0 spiro atoms. The second kappa shape index (κ2) is 6.20. The van der Waals surface area contributed by atoms with Crippen LogP contribution < -0.4 is 0 Å². The monoisotopic (exact) mass is 262 g/mol. The number of rotatable bonds is 4. The molecule has 1 aliphatic carbocycles. The molecule has 0 amide bonds. The molecular formula is C16H22O3. The fraction of sp³-hybridized carbons (Fsp3) is 0.562. The Bertz CT molecular complexity index is 424. The van der Waals surface area contributed by atoms with Crippen LogP contribution in [0.3, 0.4) is 0 Å². The van der Waals surface area contributed by atoms with Gasteiger partial charge in [-0.3, -0.25) is 4.79 Å². The minimum atomic E-state index is -0.345. The van der Waals surface area contributed by atoms with E-state index in [2.05, 4.69) is 24.3 Å². The van der Waals surface area contributed by atoms with Crippen molar-refractivity contribution in [2.24, 2.45) is 5.92 Å². The predicted octanol–water partition coefficient (Wildman–Crippen LogP) is 2.80. The van der Waals surface area contributed by atoms with Gasteiger partial charge in [0.25, 0.3) is 0 Å². The SMILES string of the molecule is CCOC(=O)CC1CCC(O)C1c1ccc(C)cc1. The molecule has 0 aliphatic heterocycles. The maximum absolute atomic E-state index is 11.6. The molecule has 3 unspecified atom stereocenters. The van der Waals surface area contributed by atoms with Gasteiger partial charge < -0.3 is 9.84 Å². The van der Waals surface area contributed by atoms with Gasteiger partial charge in [0, 0.05) is 12.3 Å². The van der Waals surface area contributed by atoms with Crippen LogP contribution in [0, 0.1) is 12.8 Å². The molecule has 0 aromatic heterocycles. The molecular weight excluding hydrogens is 240 g/mol. The Hall–Kier alpha value is -1.35. The van der Waals surface area contributed by atoms with Crippen molar-refractivity contribution in [1.29, 1.82) is 0 Å². The van der Waals surface area contributed by atoms with Gasteiger partial charge in [-0.15, -0.1) is 0 Å². The zero-order chi connectivity index (χ0) is 13.8. The van der Waals surface area contributed by atoms with E-state index in [9.17, 15) is 9.90 Å². The second-order valence-electron chi connectivity index (χ2n) is 5.35. The summed E-state index contributed by atoms with van der Waals surface area (Å²) < 4.78 is 5.02.